The van der Waals surface area contributed by atoms with Crippen molar-refractivity contribution in [1.29, 1.82) is 0 Å². The Hall–Kier alpha value is -1.73. The molecular weight excluding hydrogens is 566 g/mol. The van der Waals surface area contributed by atoms with E-state index in [4.69, 9.17) is 4.74 Å². The quantitative estimate of drug-likeness (QED) is 0.263. The number of allylic oxidation sites excluding steroid dienone is 4. The summed E-state index contributed by atoms with van der Waals surface area (Å²) in [6.45, 7) is 4.18. The summed E-state index contributed by atoms with van der Waals surface area (Å²) in [5, 5.41) is 23.4. The second kappa shape index (κ2) is 10.5. The fraction of sp³-hybridized carbons (Fsp3) is 0.552. The predicted octanol–water partition coefficient (Wildman–Crippen LogP) is -0.331. The molecule has 1 aromatic rings. The van der Waals surface area contributed by atoms with Crippen molar-refractivity contribution < 1.29 is 76.3 Å². The van der Waals surface area contributed by atoms with Crippen molar-refractivity contribution in [3.05, 3.63) is 53.6 Å². The van der Waals surface area contributed by atoms with Crippen molar-refractivity contribution in [2.75, 3.05) is 6.61 Å². The van der Waals surface area contributed by atoms with Gasteiger partial charge < -0.3 is 19.5 Å². The molecule has 41 heavy (non-hydrogen) atoms. The molecule has 0 radical (unpaired) electrons. The Labute approximate surface area is 260 Å². The van der Waals surface area contributed by atoms with Crippen molar-refractivity contribution in [3.8, 4) is 0 Å². The Balaban J connectivity index is 0.00000387. The van der Waals surface area contributed by atoms with Gasteiger partial charge in [0, 0.05) is 16.7 Å². The summed E-state index contributed by atoms with van der Waals surface area (Å²) in [4.78, 5) is 37.5. The monoisotopic (exact) mass is 598 g/mol. The van der Waals surface area contributed by atoms with Crippen LogP contribution < -0.4 is 29.6 Å². The van der Waals surface area contributed by atoms with E-state index in [9.17, 15) is 37.6 Å². The van der Waals surface area contributed by atoms with Gasteiger partial charge in [0.05, 0.1) is 16.6 Å². The zero-order chi connectivity index (χ0) is 29.5. The van der Waals surface area contributed by atoms with Crippen LogP contribution in [0.25, 0.3) is 0 Å². The Morgan fingerprint density at radius 1 is 1.22 bits per heavy atom. The minimum absolute atomic E-state index is 0. The summed E-state index contributed by atoms with van der Waals surface area (Å²) >= 11 is 0. The molecule has 4 aliphatic rings. The van der Waals surface area contributed by atoms with Crippen LogP contribution in [0.1, 0.15) is 56.8 Å². The third-order valence-electron chi connectivity index (χ3n) is 10.3. The normalized spacial score (nSPS) is 39.5. The Bertz CT molecular complexity index is 1470. The number of aliphatic hydroxyl groups excluding tert-OH is 1. The molecule has 0 amide bonds. The molecule has 0 aromatic heterocycles. The number of carbonyl (C=O) groups is 3. The summed E-state index contributed by atoms with van der Waals surface area (Å²) in [6, 6.07) is 4.29. The third-order valence-corrected chi connectivity index (χ3v) is 11.2. The number of aliphatic hydroxyl groups is 2. The van der Waals surface area contributed by atoms with Gasteiger partial charge in [0.1, 0.15) is 15.7 Å². The van der Waals surface area contributed by atoms with Gasteiger partial charge >= 0.3 is 35.5 Å². The van der Waals surface area contributed by atoms with Gasteiger partial charge in [-0.1, -0.05) is 31.6 Å². The average Bonchev–Trinajstić information content (AvgIpc) is 3.09. The largest absolute Gasteiger partial charge is 1.00 e. The molecule has 8 atom stereocenters. The number of hydrogen-bond donors (Lipinski definition) is 2. The van der Waals surface area contributed by atoms with Crippen LogP contribution in [0.4, 0.5) is 4.39 Å². The third kappa shape index (κ3) is 4.54. The van der Waals surface area contributed by atoms with E-state index in [1.807, 2.05) is 0 Å². The molecule has 0 spiro atoms. The Morgan fingerprint density at radius 3 is 2.56 bits per heavy atom. The number of ketones is 2. The van der Waals surface area contributed by atoms with E-state index in [-0.39, 0.29) is 47.3 Å². The molecule has 1 aromatic carbocycles. The van der Waals surface area contributed by atoms with Gasteiger partial charge in [-0.15, -0.1) is 0 Å². The molecule has 3 unspecified atom stereocenters. The SMILES string of the molecule is C[C@@H]1CC2C3CCC4=CC(=O)C=C[C@]4(C)[C@@]3(F)C(O)C[C@]2(C)[C@@]1(O)C(=O)COC(=O)c1cccc(S(=O)(=O)[O-])c1.[Na+]. The van der Waals surface area contributed by atoms with Crippen LogP contribution in [0.2, 0.25) is 0 Å². The topological polar surface area (TPSA) is 158 Å². The molecule has 4 aliphatic carbocycles. The predicted molar refractivity (Wildman–Crippen MR) is 138 cm³/mol. The van der Waals surface area contributed by atoms with Crippen molar-refractivity contribution in [1.82, 2.24) is 0 Å². The molecule has 0 heterocycles. The first kappa shape index (κ1) is 32.2. The second-order valence-corrected chi connectivity index (χ2v) is 13.5. The van der Waals surface area contributed by atoms with E-state index < -0.39 is 79.3 Å². The Kier molecular flexibility index (Phi) is 8.22. The molecule has 0 aliphatic heterocycles. The van der Waals surface area contributed by atoms with Crippen molar-refractivity contribution in [2.24, 2.45) is 28.6 Å². The number of rotatable bonds is 5. The molecule has 3 saturated carbocycles. The molecule has 12 heteroatoms. The number of esters is 1. The van der Waals surface area contributed by atoms with Gasteiger partial charge in [-0.2, -0.15) is 0 Å². The minimum atomic E-state index is -4.82. The van der Waals surface area contributed by atoms with Crippen molar-refractivity contribution in [2.45, 2.75) is 68.7 Å². The smallest absolute Gasteiger partial charge is 0.744 e. The van der Waals surface area contributed by atoms with E-state index in [2.05, 4.69) is 0 Å². The number of alkyl halides is 1. The summed E-state index contributed by atoms with van der Waals surface area (Å²) < 4.78 is 56.3. The number of halogens is 1. The van der Waals surface area contributed by atoms with E-state index in [1.54, 1.807) is 20.8 Å². The average molecular weight is 599 g/mol. The van der Waals surface area contributed by atoms with E-state index in [0.29, 0.717) is 24.8 Å². The standard InChI is InChI=1S/C29H33FO9S.Na/c1-16-11-22-21-8-7-18-13-19(31)9-10-26(18,2)28(21,30)23(32)14-27(22,3)29(16,35)24(33)15-39-25(34)17-5-4-6-20(12-17)40(36,37)38;/h4-6,9-10,12-13,16,21-23,32,35H,7-8,11,14-15H2,1-3H3,(H,36,37,38);/q;+1/p-1/t16-,21?,22?,23?,26+,27+,28+,29+;/m1./s1. The number of fused-ring (bicyclic) bond motifs is 5. The number of hydrogen-bond acceptors (Lipinski definition) is 9. The van der Waals surface area contributed by atoms with Crippen molar-refractivity contribution in [3.63, 3.8) is 0 Å². The fourth-order valence-electron chi connectivity index (χ4n) is 8.24. The number of Topliss-reactive ketones (excluding diaryl/α,β-unsaturated/α-hetero) is 1. The van der Waals surface area contributed by atoms with Crippen LogP contribution in [0.3, 0.4) is 0 Å². The van der Waals surface area contributed by atoms with Crippen LogP contribution in [0, 0.1) is 28.6 Å². The molecular formula is C29H32FNaO9S. The zero-order valence-corrected chi connectivity index (χ0v) is 26.2. The molecule has 0 bridgehead atoms. The maximum Gasteiger partial charge on any atom is 1.00 e. The molecule has 9 nitrogen and oxygen atoms in total. The van der Waals surface area contributed by atoms with Crippen LogP contribution in [0.5, 0.6) is 0 Å². The summed E-state index contributed by atoms with van der Waals surface area (Å²) in [7, 11) is -4.82. The van der Waals surface area contributed by atoms with E-state index in [0.717, 1.165) is 12.1 Å². The van der Waals surface area contributed by atoms with Gasteiger partial charge in [-0.3, -0.25) is 9.59 Å². The van der Waals surface area contributed by atoms with Crippen LogP contribution >= 0.6 is 0 Å². The molecule has 5 rings (SSSR count). The van der Waals surface area contributed by atoms with Crippen molar-refractivity contribution >= 4 is 27.7 Å². The molecule has 2 N–H and O–H groups in total. The maximum absolute atomic E-state index is 17.3. The van der Waals surface area contributed by atoms with Gasteiger partial charge in [0.15, 0.2) is 18.1 Å². The van der Waals surface area contributed by atoms with Gasteiger partial charge in [-0.05, 0) is 74.8 Å². The summed E-state index contributed by atoms with van der Waals surface area (Å²) in [5.41, 5.74) is -6.24. The van der Waals surface area contributed by atoms with E-state index >= 15 is 4.39 Å². The second-order valence-electron chi connectivity index (χ2n) is 12.1. The number of carbonyl (C=O) groups excluding carboxylic acids is 3. The molecule has 216 valence electrons. The molecule has 0 saturated heterocycles. The fourth-order valence-corrected chi connectivity index (χ4v) is 8.76. The Morgan fingerprint density at radius 2 is 1.90 bits per heavy atom. The van der Waals surface area contributed by atoms with Gasteiger partial charge in [-0.25, -0.2) is 17.6 Å². The first-order valence-electron chi connectivity index (χ1n) is 13.3. The zero-order valence-electron chi connectivity index (χ0n) is 23.4. The maximum atomic E-state index is 17.3. The van der Waals surface area contributed by atoms with Gasteiger partial charge in [0.25, 0.3) is 0 Å². The first-order chi connectivity index (χ1) is 18.5. The minimum Gasteiger partial charge on any atom is -0.744 e. The summed E-state index contributed by atoms with van der Waals surface area (Å²) in [5.74, 6) is -3.93. The first-order valence-corrected chi connectivity index (χ1v) is 14.7. The molecule has 3 fully saturated rings. The summed E-state index contributed by atoms with van der Waals surface area (Å²) in [6.07, 6.45) is 3.60. The van der Waals surface area contributed by atoms with Crippen LogP contribution in [0.15, 0.2) is 53.0 Å². The van der Waals surface area contributed by atoms with E-state index in [1.165, 1.54) is 30.4 Å². The number of ether oxygens (including phenoxy) is 1. The number of benzene rings is 1. The van der Waals surface area contributed by atoms with Gasteiger partial charge in [0.2, 0.25) is 5.78 Å². The van der Waals surface area contributed by atoms with Crippen LogP contribution in [-0.4, -0.2) is 64.7 Å². The van der Waals surface area contributed by atoms with Crippen LogP contribution in [-0.2, 0) is 24.4 Å².